The second-order valence-electron chi connectivity index (χ2n) is 3.56. The van der Waals surface area contributed by atoms with E-state index in [1.54, 1.807) is 18.2 Å². The van der Waals surface area contributed by atoms with Crippen LogP contribution in [-0.2, 0) is 4.74 Å². The molecular weight excluding hydrogens is 228 g/mol. The molecule has 0 aliphatic rings. The second kappa shape index (κ2) is 6.38. The van der Waals surface area contributed by atoms with E-state index in [9.17, 15) is 4.79 Å². The summed E-state index contributed by atoms with van der Waals surface area (Å²) in [5.74, 6) is 0.910. The van der Waals surface area contributed by atoms with E-state index in [0.29, 0.717) is 23.8 Å². The van der Waals surface area contributed by atoms with Gasteiger partial charge in [0.1, 0.15) is 11.3 Å². The van der Waals surface area contributed by atoms with Gasteiger partial charge < -0.3 is 9.47 Å². The van der Waals surface area contributed by atoms with Crippen molar-refractivity contribution in [2.45, 2.75) is 6.92 Å². The Morgan fingerprint density at radius 2 is 2.12 bits per heavy atom. The topological polar surface area (TPSA) is 35.5 Å². The van der Waals surface area contributed by atoms with Crippen molar-refractivity contribution in [2.75, 3.05) is 19.6 Å². The molecule has 16 heavy (non-hydrogen) atoms. The third-order valence-corrected chi connectivity index (χ3v) is 2.61. The minimum Gasteiger partial charge on any atom is -0.492 e. The third kappa shape index (κ3) is 3.42. The Bertz CT molecular complexity index is 352. The molecule has 0 saturated heterocycles. The zero-order valence-electron chi connectivity index (χ0n) is 9.40. The number of methoxy groups -OCH3 is 1. The molecular formula is C12H15ClO3. The van der Waals surface area contributed by atoms with Crippen LogP contribution in [0.2, 0.25) is 0 Å². The highest BCUT2D eigenvalue weighted by molar-refractivity contribution is 6.18. The van der Waals surface area contributed by atoms with Gasteiger partial charge in [0.25, 0.3) is 0 Å². The average molecular weight is 243 g/mol. The number of hydrogen-bond acceptors (Lipinski definition) is 3. The van der Waals surface area contributed by atoms with Crippen LogP contribution in [0.25, 0.3) is 0 Å². The number of carbonyl (C=O) groups is 1. The molecule has 0 aromatic heterocycles. The summed E-state index contributed by atoms with van der Waals surface area (Å²) < 4.78 is 10.2. The number of alkyl halides is 1. The monoisotopic (exact) mass is 242 g/mol. The largest absolute Gasteiger partial charge is 0.492 e. The lowest BCUT2D eigenvalue weighted by Crippen LogP contribution is -2.12. The Hall–Kier alpha value is -1.22. The molecule has 0 N–H and O–H groups in total. The van der Waals surface area contributed by atoms with Crippen molar-refractivity contribution in [3.05, 3.63) is 29.8 Å². The smallest absolute Gasteiger partial charge is 0.341 e. The lowest BCUT2D eigenvalue weighted by Gasteiger charge is -2.12. The van der Waals surface area contributed by atoms with Gasteiger partial charge in [0.15, 0.2) is 0 Å². The first-order valence-electron chi connectivity index (χ1n) is 5.05. The van der Waals surface area contributed by atoms with Crippen molar-refractivity contribution in [3.8, 4) is 5.75 Å². The predicted octanol–water partition coefficient (Wildman–Crippen LogP) is 2.73. The Balaban J connectivity index is 2.75. The lowest BCUT2D eigenvalue weighted by atomic mass is 10.2. The fourth-order valence-corrected chi connectivity index (χ4v) is 1.24. The summed E-state index contributed by atoms with van der Waals surface area (Å²) in [6.45, 7) is 2.46. The predicted molar refractivity (Wildman–Crippen MR) is 63.2 cm³/mol. The fraction of sp³-hybridized carbons (Fsp3) is 0.417. The molecule has 0 amide bonds. The van der Waals surface area contributed by atoms with E-state index in [4.69, 9.17) is 16.3 Å². The van der Waals surface area contributed by atoms with Gasteiger partial charge in [0.2, 0.25) is 0 Å². The van der Waals surface area contributed by atoms with Crippen LogP contribution in [0.5, 0.6) is 5.75 Å². The minimum absolute atomic E-state index is 0.243. The van der Waals surface area contributed by atoms with Crippen molar-refractivity contribution in [3.63, 3.8) is 0 Å². The molecule has 0 bridgehead atoms. The number of para-hydroxylation sites is 1. The Morgan fingerprint density at radius 1 is 1.44 bits per heavy atom. The van der Waals surface area contributed by atoms with Gasteiger partial charge in [-0.05, 0) is 12.1 Å². The number of carbonyl (C=O) groups excluding carboxylic acids is 1. The first-order valence-corrected chi connectivity index (χ1v) is 5.58. The molecule has 1 atom stereocenters. The number of halogens is 1. The Labute approximate surface area is 100 Å². The molecule has 88 valence electrons. The van der Waals surface area contributed by atoms with E-state index in [-0.39, 0.29) is 5.92 Å². The molecule has 0 aliphatic heterocycles. The number of esters is 1. The molecule has 1 unspecified atom stereocenters. The standard InChI is InChI=1S/C12H15ClO3/c1-9(7-13)8-16-11-6-4-3-5-10(11)12(14)15-2/h3-6,9H,7-8H2,1-2H3. The summed E-state index contributed by atoms with van der Waals surface area (Å²) in [6, 6.07) is 7.00. The maximum absolute atomic E-state index is 11.4. The number of benzene rings is 1. The van der Waals surface area contributed by atoms with Crippen LogP contribution in [-0.4, -0.2) is 25.6 Å². The number of hydrogen-bond donors (Lipinski definition) is 0. The van der Waals surface area contributed by atoms with Gasteiger partial charge in [-0.2, -0.15) is 0 Å². The van der Waals surface area contributed by atoms with Crippen LogP contribution < -0.4 is 4.74 Å². The molecule has 3 nitrogen and oxygen atoms in total. The van der Waals surface area contributed by atoms with Gasteiger partial charge in [0, 0.05) is 11.8 Å². The summed E-state index contributed by atoms with van der Waals surface area (Å²) >= 11 is 5.68. The van der Waals surface area contributed by atoms with Gasteiger partial charge >= 0.3 is 5.97 Å². The molecule has 1 rings (SSSR count). The van der Waals surface area contributed by atoms with Crippen molar-refractivity contribution in [1.29, 1.82) is 0 Å². The van der Waals surface area contributed by atoms with Crippen LogP contribution >= 0.6 is 11.6 Å². The summed E-state index contributed by atoms with van der Waals surface area (Å²) in [4.78, 5) is 11.4. The quantitative estimate of drug-likeness (QED) is 0.588. The Morgan fingerprint density at radius 3 is 2.75 bits per heavy atom. The maximum Gasteiger partial charge on any atom is 0.341 e. The highest BCUT2D eigenvalue weighted by atomic mass is 35.5. The van der Waals surface area contributed by atoms with Crippen molar-refractivity contribution < 1.29 is 14.3 Å². The van der Waals surface area contributed by atoms with E-state index in [1.165, 1.54) is 7.11 Å². The molecule has 0 radical (unpaired) electrons. The van der Waals surface area contributed by atoms with Gasteiger partial charge in [-0.1, -0.05) is 19.1 Å². The number of rotatable bonds is 5. The maximum atomic E-state index is 11.4. The zero-order valence-corrected chi connectivity index (χ0v) is 10.2. The highest BCUT2D eigenvalue weighted by Crippen LogP contribution is 2.19. The molecule has 0 aliphatic carbocycles. The fourth-order valence-electron chi connectivity index (χ4n) is 1.15. The second-order valence-corrected chi connectivity index (χ2v) is 3.87. The van der Waals surface area contributed by atoms with Crippen molar-refractivity contribution >= 4 is 17.6 Å². The van der Waals surface area contributed by atoms with Crippen molar-refractivity contribution in [2.24, 2.45) is 5.92 Å². The van der Waals surface area contributed by atoms with E-state index in [2.05, 4.69) is 4.74 Å². The van der Waals surface area contributed by atoms with Crippen molar-refractivity contribution in [1.82, 2.24) is 0 Å². The van der Waals surface area contributed by atoms with Crippen LogP contribution in [0.15, 0.2) is 24.3 Å². The van der Waals surface area contributed by atoms with Gasteiger partial charge in [-0.25, -0.2) is 4.79 Å². The third-order valence-electron chi connectivity index (χ3n) is 2.08. The first-order chi connectivity index (χ1) is 7.69. The van der Waals surface area contributed by atoms with Crippen LogP contribution in [0.4, 0.5) is 0 Å². The molecule has 0 fully saturated rings. The highest BCUT2D eigenvalue weighted by Gasteiger charge is 2.12. The molecule has 4 heteroatoms. The van der Waals surface area contributed by atoms with Crippen LogP contribution in [0.3, 0.4) is 0 Å². The summed E-state index contributed by atoms with van der Waals surface area (Å²) in [7, 11) is 1.35. The van der Waals surface area contributed by atoms with E-state index < -0.39 is 5.97 Å². The van der Waals surface area contributed by atoms with E-state index in [0.717, 1.165) is 0 Å². The van der Waals surface area contributed by atoms with Crippen LogP contribution in [0, 0.1) is 5.92 Å². The van der Waals surface area contributed by atoms with E-state index in [1.807, 2.05) is 13.0 Å². The van der Waals surface area contributed by atoms with Crippen LogP contribution in [0.1, 0.15) is 17.3 Å². The van der Waals surface area contributed by atoms with Gasteiger partial charge in [-0.15, -0.1) is 11.6 Å². The normalized spacial score (nSPS) is 11.9. The SMILES string of the molecule is COC(=O)c1ccccc1OCC(C)CCl. The lowest BCUT2D eigenvalue weighted by molar-refractivity contribution is 0.0595. The molecule has 0 saturated carbocycles. The summed E-state index contributed by atoms with van der Waals surface area (Å²) in [5, 5.41) is 0. The average Bonchev–Trinajstić information content (AvgIpc) is 2.35. The van der Waals surface area contributed by atoms with Gasteiger partial charge in [0.05, 0.1) is 13.7 Å². The molecule has 1 aromatic rings. The minimum atomic E-state index is -0.394. The Kier molecular flexibility index (Phi) is 5.12. The molecule has 1 aromatic carbocycles. The summed E-state index contributed by atoms with van der Waals surface area (Å²) in [5.41, 5.74) is 0.437. The zero-order chi connectivity index (χ0) is 12.0. The molecule has 0 spiro atoms. The number of ether oxygens (including phenoxy) is 2. The summed E-state index contributed by atoms with van der Waals surface area (Å²) in [6.07, 6.45) is 0. The molecule has 0 heterocycles. The van der Waals surface area contributed by atoms with E-state index >= 15 is 0 Å². The van der Waals surface area contributed by atoms with Gasteiger partial charge in [-0.3, -0.25) is 0 Å². The first kappa shape index (κ1) is 12.8.